The first-order valence-corrected chi connectivity index (χ1v) is 7.45. The zero-order valence-corrected chi connectivity index (χ0v) is 13.4. The van der Waals surface area contributed by atoms with Crippen LogP contribution in [0, 0.1) is 10.8 Å². The molecule has 4 heteroatoms. The maximum atomic E-state index is 7.57. The Labute approximate surface area is 118 Å². The van der Waals surface area contributed by atoms with Crippen LogP contribution in [0.1, 0.15) is 47.5 Å². The quantitative estimate of drug-likeness (QED) is 0.593. The highest BCUT2D eigenvalue weighted by Crippen LogP contribution is 2.22. The third-order valence-corrected chi connectivity index (χ3v) is 4.33. The highest BCUT2D eigenvalue weighted by atomic mass is 15.3. The molecular weight excluding hydrogens is 236 g/mol. The van der Waals surface area contributed by atoms with Crippen LogP contribution in [0.25, 0.3) is 0 Å². The summed E-state index contributed by atoms with van der Waals surface area (Å²) in [5.74, 6) is 0.310. The molecule has 0 aromatic carbocycles. The van der Waals surface area contributed by atoms with Gasteiger partial charge in [-0.2, -0.15) is 0 Å². The van der Waals surface area contributed by atoms with Gasteiger partial charge in [-0.25, -0.2) is 0 Å². The number of nitrogens with one attached hydrogen (secondary N) is 1. The summed E-state index contributed by atoms with van der Waals surface area (Å²) in [6, 6.07) is 0. The van der Waals surface area contributed by atoms with Gasteiger partial charge in [-0.15, -0.1) is 0 Å². The van der Waals surface area contributed by atoms with Crippen LogP contribution >= 0.6 is 0 Å². The third kappa shape index (κ3) is 5.11. The number of nitrogens with two attached hydrogens (primary N) is 1. The average Bonchev–Trinajstić information content (AvgIpc) is 2.28. The molecular formula is C15H32N4. The lowest BCUT2D eigenvalue weighted by Gasteiger charge is -2.42. The summed E-state index contributed by atoms with van der Waals surface area (Å²) in [7, 11) is 0. The van der Waals surface area contributed by atoms with Crippen LogP contribution in [0.15, 0.2) is 0 Å². The van der Waals surface area contributed by atoms with Gasteiger partial charge in [0.25, 0.3) is 0 Å². The van der Waals surface area contributed by atoms with Crippen molar-refractivity contribution in [1.29, 1.82) is 5.41 Å². The second-order valence-electron chi connectivity index (χ2n) is 7.40. The monoisotopic (exact) mass is 268 g/mol. The van der Waals surface area contributed by atoms with Gasteiger partial charge in [0.05, 0.1) is 5.84 Å². The van der Waals surface area contributed by atoms with Gasteiger partial charge in [-0.3, -0.25) is 10.3 Å². The van der Waals surface area contributed by atoms with Crippen molar-refractivity contribution in [2.75, 3.05) is 32.7 Å². The molecule has 1 aliphatic rings. The highest BCUT2D eigenvalue weighted by molar-refractivity contribution is 5.82. The van der Waals surface area contributed by atoms with E-state index >= 15 is 0 Å². The topological polar surface area (TPSA) is 56.4 Å². The fourth-order valence-electron chi connectivity index (χ4n) is 2.52. The number of hydrogen-bond acceptors (Lipinski definition) is 3. The number of hydrogen-bond donors (Lipinski definition) is 2. The van der Waals surface area contributed by atoms with Gasteiger partial charge >= 0.3 is 0 Å². The van der Waals surface area contributed by atoms with Crippen LogP contribution in [0.3, 0.4) is 0 Å². The van der Waals surface area contributed by atoms with Crippen molar-refractivity contribution >= 4 is 5.84 Å². The number of piperazine rings is 1. The van der Waals surface area contributed by atoms with E-state index < -0.39 is 0 Å². The molecule has 0 bridgehead atoms. The molecule has 3 N–H and O–H groups in total. The molecule has 1 aliphatic heterocycles. The molecule has 19 heavy (non-hydrogen) atoms. The SMILES string of the molecule is CC(C)(CCCN1CCN(C(C)(C)C)CC1)C(=N)N. The van der Waals surface area contributed by atoms with Crippen LogP contribution in [0.2, 0.25) is 0 Å². The Morgan fingerprint density at radius 2 is 1.58 bits per heavy atom. The molecule has 0 radical (unpaired) electrons. The molecule has 0 unspecified atom stereocenters. The van der Waals surface area contributed by atoms with Gasteiger partial charge in [-0.05, 0) is 40.2 Å². The summed E-state index contributed by atoms with van der Waals surface area (Å²) in [5, 5.41) is 7.57. The van der Waals surface area contributed by atoms with E-state index in [9.17, 15) is 0 Å². The van der Waals surface area contributed by atoms with E-state index in [1.807, 2.05) is 0 Å². The summed E-state index contributed by atoms with van der Waals surface area (Å²) in [6.45, 7) is 16.8. The number of nitrogens with zero attached hydrogens (tertiary/aromatic N) is 2. The Morgan fingerprint density at radius 1 is 1.05 bits per heavy atom. The van der Waals surface area contributed by atoms with E-state index in [0.717, 1.165) is 32.5 Å². The fourth-order valence-corrected chi connectivity index (χ4v) is 2.52. The molecule has 112 valence electrons. The molecule has 0 saturated carbocycles. The predicted octanol–water partition coefficient (Wildman–Crippen LogP) is 2.14. The zero-order chi connectivity index (χ0) is 14.7. The fraction of sp³-hybridized carbons (Fsp3) is 0.933. The highest BCUT2D eigenvalue weighted by Gasteiger charge is 2.26. The van der Waals surface area contributed by atoms with Crippen molar-refractivity contribution in [3.05, 3.63) is 0 Å². The maximum Gasteiger partial charge on any atom is 0.0963 e. The Morgan fingerprint density at radius 3 is 2.00 bits per heavy atom. The van der Waals surface area contributed by atoms with Crippen LogP contribution in [0.4, 0.5) is 0 Å². The molecule has 1 heterocycles. The third-order valence-electron chi connectivity index (χ3n) is 4.33. The Kier molecular flexibility index (Phi) is 5.39. The summed E-state index contributed by atoms with van der Waals surface area (Å²) >= 11 is 0. The molecule has 0 atom stereocenters. The van der Waals surface area contributed by atoms with Crippen molar-refractivity contribution in [2.24, 2.45) is 11.1 Å². The average molecular weight is 268 g/mol. The minimum Gasteiger partial charge on any atom is -0.387 e. The minimum atomic E-state index is -0.146. The van der Waals surface area contributed by atoms with Gasteiger partial charge in [0.1, 0.15) is 0 Å². The van der Waals surface area contributed by atoms with E-state index in [4.69, 9.17) is 11.1 Å². The van der Waals surface area contributed by atoms with Crippen LogP contribution in [0.5, 0.6) is 0 Å². The lowest BCUT2D eigenvalue weighted by molar-refractivity contribution is 0.0609. The van der Waals surface area contributed by atoms with E-state index in [1.165, 1.54) is 13.1 Å². The Hall–Kier alpha value is -0.610. The molecule has 1 saturated heterocycles. The first-order valence-electron chi connectivity index (χ1n) is 7.45. The largest absolute Gasteiger partial charge is 0.387 e. The molecule has 1 rings (SSSR count). The first kappa shape index (κ1) is 16.4. The van der Waals surface area contributed by atoms with Crippen molar-refractivity contribution in [3.8, 4) is 0 Å². The molecule has 0 spiro atoms. The normalized spacial score (nSPS) is 19.6. The molecule has 4 nitrogen and oxygen atoms in total. The van der Waals surface area contributed by atoms with E-state index in [-0.39, 0.29) is 5.41 Å². The molecule has 0 aromatic rings. The molecule has 0 aliphatic carbocycles. The molecule has 0 amide bonds. The van der Waals surface area contributed by atoms with E-state index in [2.05, 4.69) is 44.4 Å². The summed E-state index contributed by atoms with van der Waals surface area (Å²) < 4.78 is 0. The lowest BCUT2D eigenvalue weighted by atomic mass is 9.86. The standard InChI is InChI=1S/C15H32N4/c1-14(2,3)19-11-9-18(10-12-19)8-6-7-15(4,5)13(16)17/h6-12H2,1-5H3,(H3,16,17). The van der Waals surface area contributed by atoms with Gasteiger partial charge in [0.2, 0.25) is 0 Å². The van der Waals surface area contributed by atoms with Gasteiger partial charge in [-0.1, -0.05) is 13.8 Å². The number of amidine groups is 1. The zero-order valence-electron chi connectivity index (χ0n) is 13.4. The summed E-state index contributed by atoms with van der Waals surface area (Å²) in [6.07, 6.45) is 2.13. The predicted molar refractivity (Wildman–Crippen MR) is 82.7 cm³/mol. The van der Waals surface area contributed by atoms with E-state index in [0.29, 0.717) is 11.4 Å². The van der Waals surface area contributed by atoms with Crippen molar-refractivity contribution in [1.82, 2.24) is 9.80 Å². The van der Waals surface area contributed by atoms with Crippen LogP contribution in [-0.4, -0.2) is 53.9 Å². The number of rotatable bonds is 5. The van der Waals surface area contributed by atoms with Crippen LogP contribution < -0.4 is 5.73 Å². The second kappa shape index (κ2) is 6.23. The maximum absolute atomic E-state index is 7.57. The summed E-state index contributed by atoms with van der Waals surface area (Å²) in [5.41, 5.74) is 5.77. The van der Waals surface area contributed by atoms with E-state index in [1.54, 1.807) is 0 Å². The van der Waals surface area contributed by atoms with Crippen LogP contribution in [-0.2, 0) is 0 Å². The van der Waals surface area contributed by atoms with Crippen molar-refractivity contribution in [2.45, 2.75) is 53.0 Å². The first-order chi connectivity index (χ1) is 8.63. The van der Waals surface area contributed by atoms with Crippen molar-refractivity contribution < 1.29 is 0 Å². The van der Waals surface area contributed by atoms with Crippen molar-refractivity contribution in [3.63, 3.8) is 0 Å². The second-order valence-corrected chi connectivity index (χ2v) is 7.40. The molecule has 1 fully saturated rings. The molecule has 0 aromatic heterocycles. The van der Waals surface area contributed by atoms with Gasteiger partial charge in [0, 0.05) is 37.1 Å². The Bertz CT molecular complexity index is 296. The lowest BCUT2D eigenvalue weighted by Crippen LogP contribution is -2.53. The van der Waals surface area contributed by atoms with Gasteiger partial charge in [0.15, 0.2) is 0 Å². The van der Waals surface area contributed by atoms with Gasteiger partial charge < -0.3 is 10.6 Å². The summed E-state index contributed by atoms with van der Waals surface area (Å²) in [4.78, 5) is 5.10. The Balaban J connectivity index is 2.26. The minimum absolute atomic E-state index is 0.146. The smallest absolute Gasteiger partial charge is 0.0963 e.